The molecule has 0 bridgehead atoms. The summed E-state index contributed by atoms with van der Waals surface area (Å²) in [7, 11) is 1.49. The number of para-hydroxylation sites is 1. The van der Waals surface area contributed by atoms with E-state index in [2.05, 4.69) is 5.32 Å². The van der Waals surface area contributed by atoms with E-state index in [4.69, 9.17) is 15.2 Å². The monoisotopic (exact) mass is 276 g/mol. The van der Waals surface area contributed by atoms with Crippen LogP contribution in [0, 0.1) is 5.82 Å². The van der Waals surface area contributed by atoms with E-state index < -0.39 is 0 Å². The minimum Gasteiger partial charge on any atom is -0.494 e. The normalized spacial score (nSPS) is 10.2. The molecule has 0 saturated carbocycles. The van der Waals surface area contributed by atoms with Gasteiger partial charge in [0.1, 0.15) is 17.3 Å². The molecule has 0 aliphatic carbocycles. The number of anilines is 3. The van der Waals surface area contributed by atoms with Gasteiger partial charge in [-0.1, -0.05) is 6.07 Å². The van der Waals surface area contributed by atoms with Crippen LogP contribution in [-0.4, -0.2) is 13.7 Å². The van der Waals surface area contributed by atoms with Gasteiger partial charge in [-0.2, -0.15) is 0 Å². The van der Waals surface area contributed by atoms with Crippen LogP contribution in [0.5, 0.6) is 11.5 Å². The number of nitrogen functional groups attached to an aromatic ring is 1. The van der Waals surface area contributed by atoms with Crippen LogP contribution < -0.4 is 20.5 Å². The fraction of sp³-hybridized carbons (Fsp3) is 0.200. The molecule has 0 amide bonds. The highest BCUT2D eigenvalue weighted by Gasteiger charge is 2.09. The van der Waals surface area contributed by atoms with Crippen molar-refractivity contribution in [2.75, 3.05) is 24.8 Å². The van der Waals surface area contributed by atoms with E-state index in [0.29, 0.717) is 35.2 Å². The largest absolute Gasteiger partial charge is 0.494 e. The quantitative estimate of drug-likeness (QED) is 0.820. The minimum absolute atomic E-state index is 0.358. The van der Waals surface area contributed by atoms with E-state index in [0.717, 1.165) is 0 Å². The molecule has 5 heteroatoms. The molecule has 0 aliphatic heterocycles. The van der Waals surface area contributed by atoms with Gasteiger partial charge in [0.2, 0.25) is 0 Å². The van der Waals surface area contributed by atoms with Crippen molar-refractivity contribution < 1.29 is 13.9 Å². The Kier molecular flexibility index (Phi) is 4.30. The summed E-state index contributed by atoms with van der Waals surface area (Å²) in [5, 5.41) is 3.12. The molecule has 20 heavy (non-hydrogen) atoms. The van der Waals surface area contributed by atoms with Crippen molar-refractivity contribution in [2.45, 2.75) is 6.92 Å². The Morgan fingerprint density at radius 1 is 1.15 bits per heavy atom. The van der Waals surface area contributed by atoms with E-state index in [1.54, 1.807) is 12.1 Å². The summed E-state index contributed by atoms with van der Waals surface area (Å²) in [5.74, 6) is 0.660. The summed E-state index contributed by atoms with van der Waals surface area (Å²) < 4.78 is 23.7. The summed E-state index contributed by atoms with van der Waals surface area (Å²) in [4.78, 5) is 0. The van der Waals surface area contributed by atoms with Crippen molar-refractivity contribution >= 4 is 17.1 Å². The summed E-state index contributed by atoms with van der Waals surface area (Å²) in [5.41, 5.74) is 7.85. The second-order valence-corrected chi connectivity index (χ2v) is 4.12. The second kappa shape index (κ2) is 6.14. The van der Waals surface area contributed by atoms with Crippen molar-refractivity contribution in [2.24, 2.45) is 0 Å². The number of methoxy groups -OCH3 is 1. The van der Waals surface area contributed by atoms with Crippen molar-refractivity contribution in [3.8, 4) is 11.5 Å². The first-order valence-electron chi connectivity index (χ1n) is 6.27. The summed E-state index contributed by atoms with van der Waals surface area (Å²) in [6.45, 7) is 2.43. The number of rotatable bonds is 5. The molecule has 0 unspecified atom stereocenters. The van der Waals surface area contributed by atoms with Crippen LogP contribution in [-0.2, 0) is 0 Å². The zero-order valence-corrected chi connectivity index (χ0v) is 11.4. The predicted octanol–water partition coefficient (Wildman–Crippen LogP) is 3.56. The molecule has 2 aromatic rings. The molecule has 0 heterocycles. The van der Waals surface area contributed by atoms with Gasteiger partial charge in [-0.25, -0.2) is 4.39 Å². The third-order valence-electron chi connectivity index (χ3n) is 2.80. The first-order valence-corrected chi connectivity index (χ1v) is 6.27. The smallest absolute Gasteiger partial charge is 0.145 e. The highest BCUT2D eigenvalue weighted by molar-refractivity contribution is 5.79. The number of ether oxygens (including phenoxy) is 2. The van der Waals surface area contributed by atoms with E-state index in [1.165, 1.54) is 19.2 Å². The van der Waals surface area contributed by atoms with Gasteiger partial charge < -0.3 is 20.5 Å². The maximum Gasteiger partial charge on any atom is 0.145 e. The first-order chi connectivity index (χ1) is 9.65. The van der Waals surface area contributed by atoms with Crippen LogP contribution in [0.4, 0.5) is 21.5 Å². The summed E-state index contributed by atoms with van der Waals surface area (Å²) in [6.07, 6.45) is 0. The zero-order chi connectivity index (χ0) is 14.5. The summed E-state index contributed by atoms with van der Waals surface area (Å²) >= 11 is 0. The number of hydrogen-bond donors (Lipinski definition) is 2. The van der Waals surface area contributed by atoms with Crippen molar-refractivity contribution in [3.05, 3.63) is 42.2 Å². The average molecular weight is 276 g/mol. The molecule has 2 aromatic carbocycles. The molecule has 0 atom stereocenters. The van der Waals surface area contributed by atoms with Crippen LogP contribution in [0.3, 0.4) is 0 Å². The van der Waals surface area contributed by atoms with Gasteiger partial charge in [-0.15, -0.1) is 0 Å². The number of halogens is 1. The first kappa shape index (κ1) is 14.0. The molecule has 106 valence electrons. The molecular formula is C15H17FN2O2. The van der Waals surface area contributed by atoms with Gasteiger partial charge in [0.25, 0.3) is 0 Å². The van der Waals surface area contributed by atoms with Gasteiger partial charge in [-0.05, 0) is 31.2 Å². The fourth-order valence-electron chi connectivity index (χ4n) is 1.85. The lowest BCUT2D eigenvalue weighted by atomic mass is 10.2. The van der Waals surface area contributed by atoms with Gasteiger partial charge in [0.15, 0.2) is 0 Å². The topological polar surface area (TPSA) is 56.5 Å². The minimum atomic E-state index is -0.358. The van der Waals surface area contributed by atoms with Crippen LogP contribution in [0.1, 0.15) is 6.92 Å². The SMILES string of the molecule is CCOc1cccc(Nc2ccc(F)cc2OC)c1N. The highest BCUT2D eigenvalue weighted by atomic mass is 19.1. The lowest BCUT2D eigenvalue weighted by molar-refractivity contribution is 0.342. The number of nitrogens with one attached hydrogen (secondary N) is 1. The average Bonchev–Trinajstić information content (AvgIpc) is 2.45. The third kappa shape index (κ3) is 2.93. The maximum absolute atomic E-state index is 13.2. The molecule has 0 aliphatic rings. The zero-order valence-electron chi connectivity index (χ0n) is 11.4. The maximum atomic E-state index is 13.2. The van der Waals surface area contributed by atoms with Gasteiger partial charge in [-0.3, -0.25) is 0 Å². The lowest BCUT2D eigenvalue weighted by Gasteiger charge is -2.15. The Morgan fingerprint density at radius 3 is 2.65 bits per heavy atom. The lowest BCUT2D eigenvalue weighted by Crippen LogP contribution is -2.02. The Balaban J connectivity index is 2.33. The molecule has 2 rings (SSSR count). The van der Waals surface area contributed by atoms with Crippen LogP contribution in [0.25, 0.3) is 0 Å². The van der Waals surface area contributed by atoms with E-state index in [-0.39, 0.29) is 5.82 Å². The molecule has 3 N–H and O–H groups in total. The molecular weight excluding hydrogens is 259 g/mol. The van der Waals surface area contributed by atoms with Gasteiger partial charge in [0, 0.05) is 6.07 Å². The van der Waals surface area contributed by atoms with Crippen molar-refractivity contribution in [1.82, 2.24) is 0 Å². The van der Waals surface area contributed by atoms with E-state index >= 15 is 0 Å². The molecule has 0 fully saturated rings. The van der Waals surface area contributed by atoms with Crippen LogP contribution in [0.15, 0.2) is 36.4 Å². The van der Waals surface area contributed by atoms with Gasteiger partial charge in [0.05, 0.1) is 30.8 Å². The highest BCUT2D eigenvalue weighted by Crippen LogP contribution is 2.34. The molecule has 0 spiro atoms. The Morgan fingerprint density at radius 2 is 1.95 bits per heavy atom. The molecule has 0 aromatic heterocycles. The third-order valence-corrected chi connectivity index (χ3v) is 2.80. The number of nitrogens with two attached hydrogens (primary N) is 1. The Labute approximate surface area is 117 Å². The van der Waals surface area contributed by atoms with Crippen molar-refractivity contribution in [3.63, 3.8) is 0 Å². The van der Waals surface area contributed by atoms with Crippen LogP contribution >= 0.6 is 0 Å². The van der Waals surface area contributed by atoms with E-state index in [9.17, 15) is 4.39 Å². The second-order valence-electron chi connectivity index (χ2n) is 4.12. The molecule has 0 saturated heterocycles. The fourth-order valence-corrected chi connectivity index (χ4v) is 1.85. The van der Waals surface area contributed by atoms with Crippen LogP contribution in [0.2, 0.25) is 0 Å². The molecule has 0 radical (unpaired) electrons. The number of hydrogen-bond acceptors (Lipinski definition) is 4. The standard InChI is InChI=1S/C15H17FN2O2/c1-3-20-13-6-4-5-12(15(13)17)18-11-8-7-10(16)9-14(11)19-2/h4-9,18H,3,17H2,1-2H3. The molecule has 4 nitrogen and oxygen atoms in total. The Hall–Kier alpha value is -2.43. The number of benzene rings is 2. The van der Waals surface area contributed by atoms with Gasteiger partial charge >= 0.3 is 0 Å². The van der Waals surface area contributed by atoms with E-state index in [1.807, 2.05) is 19.1 Å². The predicted molar refractivity (Wildman–Crippen MR) is 78.3 cm³/mol. The van der Waals surface area contributed by atoms with Crippen molar-refractivity contribution in [1.29, 1.82) is 0 Å². The summed E-state index contributed by atoms with van der Waals surface area (Å²) in [6, 6.07) is 9.71. The Bertz CT molecular complexity index is 602.